The number of nitrogens with zero attached hydrogens (tertiary/aromatic N) is 1. The van der Waals surface area contributed by atoms with Crippen molar-refractivity contribution in [3.05, 3.63) is 65.2 Å². The Bertz CT molecular complexity index is 830. The molecule has 0 radical (unpaired) electrons. The van der Waals surface area contributed by atoms with Crippen LogP contribution in [0.5, 0.6) is 0 Å². The smallest absolute Gasteiger partial charge is 0.339 e. The molecule has 0 spiro atoms. The SMILES string of the molecule is NC(=O)[C@H](OC(=O)c1ccc2ncsc2c1)c1ccccc1. The fraction of sp³-hybridized carbons (Fsp3) is 0.0625. The predicted molar refractivity (Wildman–Crippen MR) is 83.4 cm³/mol. The number of nitrogens with two attached hydrogens (primary N) is 1. The maximum Gasteiger partial charge on any atom is 0.339 e. The third-order valence-electron chi connectivity index (χ3n) is 3.15. The Labute approximate surface area is 130 Å². The highest BCUT2D eigenvalue weighted by Crippen LogP contribution is 2.22. The van der Waals surface area contributed by atoms with Gasteiger partial charge in [0, 0.05) is 5.56 Å². The third kappa shape index (κ3) is 2.82. The van der Waals surface area contributed by atoms with Crippen molar-refractivity contribution < 1.29 is 14.3 Å². The zero-order chi connectivity index (χ0) is 15.5. The van der Waals surface area contributed by atoms with E-state index in [0.717, 1.165) is 10.2 Å². The summed E-state index contributed by atoms with van der Waals surface area (Å²) in [6.07, 6.45) is -1.11. The van der Waals surface area contributed by atoms with E-state index in [2.05, 4.69) is 4.98 Å². The van der Waals surface area contributed by atoms with E-state index in [-0.39, 0.29) is 0 Å². The molecule has 0 saturated heterocycles. The van der Waals surface area contributed by atoms with E-state index < -0.39 is 18.0 Å². The summed E-state index contributed by atoms with van der Waals surface area (Å²) in [4.78, 5) is 28.0. The molecule has 3 aromatic rings. The molecule has 0 aliphatic carbocycles. The van der Waals surface area contributed by atoms with Crippen molar-refractivity contribution in [1.82, 2.24) is 4.98 Å². The zero-order valence-electron chi connectivity index (χ0n) is 11.4. The number of rotatable bonds is 4. The van der Waals surface area contributed by atoms with Crippen LogP contribution in [0, 0.1) is 0 Å². The van der Waals surface area contributed by atoms with Gasteiger partial charge in [-0.05, 0) is 18.2 Å². The van der Waals surface area contributed by atoms with Crippen LogP contribution in [-0.2, 0) is 9.53 Å². The highest BCUT2D eigenvalue weighted by Gasteiger charge is 2.23. The molecule has 6 heteroatoms. The molecule has 3 rings (SSSR count). The van der Waals surface area contributed by atoms with E-state index in [9.17, 15) is 9.59 Å². The van der Waals surface area contributed by atoms with E-state index in [1.165, 1.54) is 11.3 Å². The number of benzene rings is 2. The number of primary amides is 1. The number of ether oxygens (including phenoxy) is 1. The molecule has 1 heterocycles. The molecule has 2 N–H and O–H groups in total. The molecule has 1 amide bonds. The molecule has 110 valence electrons. The van der Waals surface area contributed by atoms with Gasteiger partial charge in [0.25, 0.3) is 5.91 Å². The second-order valence-electron chi connectivity index (χ2n) is 4.63. The van der Waals surface area contributed by atoms with Gasteiger partial charge in [0.05, 0.1) is 21.3 Å². The molecule has 22 heavy (non-hydrogen) atoms. The lowest BCUT2D eigenvalue weighted by Gasteiger charge is -2.15. The summed E-state index contributed by atoms with van der Waals surface area (Å²) in [7, 11) is 0. The van der Waals surface area contributed by atoms with Gasteiger partial charge in [-0.25, -0.2) is 9.78 Å². The first-order valence-corrected chi connectivity index (χ1v) is 7.41. The van der Waals surface area contributed by atoms with Crippen molar-refractivity contribution >= 4 is 33.4 Å². The number of fused-ring (bicyclic) bond motifs is 1. The monoisotopic (exact) mass is 312 g/mol. The normalized spacial score (nSPS) is 12.0. The summed E-state index contributed by atoms with van der Waals surface area (Å²) in [5.41, 5.74) is 8.77. The second kappa shape index (κ2) is 5.95. The average Bonchev–Trinajstić information content (AvgIpc) is 3.00. The van der Waals surface area contributed by atoms with E-state index in [4.69, 9.17) is 10.5 Å². The summed E-state index contributed by atoms with van der Waals surface area (Å²) in [6, 6.07) is 13.7. The lowest BCUT2D eigenvalue weighted by Crippen LogP contribution is -2.26. The highest BCUT2D eigenvalue weighted by atomic mass is 32.1. The first-order valence-electron chi connectivity index (χ1n) is 6.53. The number of carbonyl (C=O) groups is 2. The van der Waals surface area contributed by atoms with Gasteiger partial charge < -0.3 is 10.5 Å². The molecule has 0 unspecified atom stereocenters. The van der Waals surface area contributed by atoms with Gasteiger partial charge >= 0.3 is 5.97 Å². The number of thiazole rings is 1. The molecule has 1 atom stereocenters. The number of amides is 1. The van der Waals surface area contributed by atoms with Crippen LogP contribution in [0.15, 0.2) is 54.0 Å². The van der Waals surface area contributed by atoms with Crippen LogP contribution in [0.2, 0.25) is 0 Å². The van der Waals surface area contributed by atoms with Gasteiger partial charge in [-0.15, -0.1) is 11.3 Å². The Kier molecular flexibility index (Phi) is 3.84. The van der Waals surface area contributed by atoms with E-state index in [1.54, 1.807) is 54.0 Å². The topological polar surface area (TPSA) is 82.3 Å². The van der Waals surface area contributed by atoms with Crippen molar-refractivity contribution in [1.29, 1.82) is 0 Å². The Hall–Kier alpha value is -2.73. The van der Waals surface area contributed by atoms with Crippen LogP contribution < -0.4 is 5.73 Å². The second-order valence-corrected chi connectivity index (χ2v) is 5.52. The van der Waals surface area contributed by atoms with Crippen molar-refractivity contribution in [2.75, 3.05) is 0 Å². The van der Waals surface area contributed by atoms with Gasteiger partial charge in [0.1, 0.15) is 0 Å². The van der Waals surface area contributed by atoms with Crippen molar-refractivity contribution in [2.45, 2.75) is 6.10 Å². The van der Waals surface area contributed by atoms with Gasteiger partial charge in [0.15, 0.2) is 0 Å². The number of hydrogen-bond acceptors (Lipinski definition) is 5. The predicted octanol–water partition coefficient (Wildman–Crippen LogP) is 2.68. The average molecular weight is 312 g/mol. The summed E-state index contributed by atoms with van der Waals surface area (Å²) in [5, 5.41) is 0. The first kappa shape index (κ1) is 14.2. The first-order chi connectivity index (χ1) is 10.6. The number of hydrogen-bond donors (Lipinski definition) is 1. The summed E-state index contributed by atoms with van der Waals surface area (Å²) < 4.78 is 6.16. The Morgan fingerprint density at radius 1 is 1.14 bits per heavy atom. The molecule has 0 bridgehead atoms. The Balaban J connectivity index is 1.86. The van der Waals surface area contributed by atoms with Crippen molar-refractivity contribution in [2.24, 2.45) is 5.73 Å². The van der Waals surface area contributed by atoms with Crippen LogP contribution in [0.4, 0.5) is 0 Å². The molecule has 1 aromatic heterocycles. The Morgan fingerprint density at radius 2 is 1.91 bits per heavy atom. The molecular formula is C16H12N2O3S. The number of carbonyl (C=O) groups excluding carboxylic acids is 2. The summed E-state index contributed by atoms with van der Waals surface area (Å²) >= 11 is 1.43. The lowest BCUT2D eigenvalue weighted by atomic mass is 10.1. The quantitative estimate of drug-likeness (QED) is 0.751. The van der Waals surface area contributed by atoms with Crippen molar-refractivity contribution in [3.63, 3.8) is 0 Å². The van der Waals surface area contributed by atoms with Gasteiger partial charge in [0.2, 0.25) is 6.10 Å². The summed E-state index contributed by atoms with van der Waals surface area (Å²) in [5.74, 6) is -1.30. The molecule has 2 aromatic carbocycles. The zero-order valence-corrected chi connectivity index (χ0v) is 12.2. The fourth-order valence-electron chi connectivity index (χ4n) is 2.08. The molecule has 0 aliphatic rings. The van der Waals surface area contributed by atoms with Crippen LogP contribution in [0.3, 0.4) is 0 Å². The van der Waals surface area contributed by atoms with E-state index in [0.29, 0.717) is 11.1 Å². The minimum absolute atomic E-state index is 0.360. The number of esters is 1. The molecular weight excluding hydrogens is 300 g/mol. The molecule has 0 fully saturated rings. The minimum Gasteiger partial charge on any atom is -0.444 e. The third-order valence-corrected chi connectivity index (χ3v) is 3.94. The lowest BCUT2D eigenvalue weighted by molar-refractivity contribution is -0.127. The van der Waals surface area contributed by atoms with Gasteiger partial charge in [-0.1, -0.05) is 30.3 Å². The van der Waals surface area contributed by atoms with E-state index in [1.807, 2.05) is 0 Å². The van der Waals surface area contributed by atoms with Gasteiger partial charge in [-0.3, -0.25) is 4.79 Å². The molecule has 0 aliphatic heterocycles. The molecule has 5 nitrogen and oxygen atoms in total. The van der Waals surface area contributed by atoms with Crippen LogP contribution >= 0.6 is 11.3 Å². The number of aromatic nitrogens is 1. The maximum absolute atomic E-state index is 12.3. The van der Waals surface area contributed by atoms with Crippen LogP contribution in [0.25, 0.3) is 10.2 Å². The van der Waals surface area contributed by atoms with Crippen LogP contribution in [0.1, 0.15) is 22.0 Å². The summed E-state index contributed by atoms with van der Waals surface area (Å²) in [6.45, 7) is 0. The maximum atomic E-state index is 12.3. The fourth-order valence-corrected chi connectivity index (χ4v) is 2.79. The molecule has 0 saturated carbocycles. The van der Waals surface area contributed by atoms with E-state index >= 15 is 0 Å². The standard InChI is InChI=1S/C16H12N2O3S/c17-15(19)14(10-4-2-1-3-5-10)21-16(20)11-6-7-12-13(8-11)22-9-18-12/h1-9,14H,(H2,17,19)/t14-/m1/s1. The largest absolute Gasteiger partial charge is 0.444 e. The van der Waals surface area contributed by atoms with Crippen LogP contribution in [-0.4, -0.2) is 16.9 Å². The highest BCUT2D eigenvalue weighted by molar-refractivity contribution is 7.16. The minimum atomic E-state index is -1.11. The van der Waals surface area contributed by atoms with Crippen molar-refractivity contribution in [3.8, 4) is 0 Å². The van der Waals surface area contributed by atoms with Gasteiger partial charge in [-0.2, -0.15) is 0 Å². The Morgan fingerprint density at radius 3 is 2.64 bits per heavy atom.